The Bertz CT molecular complexity index is 955. The molecule has 136 valence electrons. The number of amides is 1. The fourth-order valence-electron chi connectivity index (χ4n) is 3.09. The number of para-hydroxylation sites is 1. The van der Waals surface area contributed by atoms with Gasteiger partial charge in [-0.15, -0.1) is 0 Å². The number of H-pyrrole nitrogens is 1. The van der Waals surface area contributed by atoms with Crippen LogP contribution in [-0.2, 0) is 18.3 Å². The predicted octanol–water partition coefficient (Wildman–Crippen LogP) is 2.45. The lowest BCUT2D eigenvalue weighted by Gasteiger charge is -2.13. The van der Waals surface area contributed by atoms with E-state index in [1.807, 2.05) is 38.1 Å². The first kappa shape index (κ1) is 17.7. The number of hydrogen-bond acceptors (Lipinski definition) is 3. The first-order valence-electron chi connectivity index (χ1n) is 8.49. The van der Waals surface area contributed by atoms with E-state index in [9.17, 15) is 14.7 Å². The first-order chi connectivity index (χ1) is 12.4. The average molecular weight is 354 g/mol. The van der Waals surface area contributed by atoms with Crippen molar-refractivity contribution < 1.29 is 14.7 Å². The number of aryl methyl sites for hydroxylation is 1. The minimum Gasteiger partial charge on any atom is -0.480 e. The number of carboxylic acids is 1. The van der Waals surface area contributed by atoms with Crippen LogP contribution in [-0.4, -0.2) is 37.8 Å². The SMILES string of the molecule is CC(C)c1cc(C(=O)NC(Cc2c[nH]c3ccccc23)C(=O)O)nn1C. The van der Waals surface area contributed by atoms with Gasteiger partial charge in [0.05, 0.1) is 0 Å². The number of aromatic nitrogens is 3. The summed E-state index contributed by atoms with van der Waals surface area (Å²) in [5, 5.41) is 17.3. The molecule has 2 aromatic heterocycles. The van der Waals surface area contributed by atoms with Crippen molar-refractivity contribution in [3.63, 3.8) is 0 Å². The zero-order valence-electron chi connectivity index (χ0n) is 15.0. The maximum atomic E-state index is 12.5. The van der Waals surface area contributed by atoms with Gasteiger partial charge in [0.25, 0.3) is 5.91 Å². The third kappa shape index (κ3) is 3.46. The standard InChI is InChI=1S/C19H22N4O3/c1-11(2)17-9-15(22-23(17)3)18(24)21-16(19(25)26)8-12-10-20-14-7-5-4-6-13(12)14/h4-7,9-11,16,20H,8H2,1-3H3,(H,21,24)(H,25,26). The number of aromatic amines is 1. The number of carboxylic acid groups (broad SMARTS) is 1. The number of rotatable bonds is 6. The first-order valence-corrected chi connectivity index (χ1v) is 8.49. The average Bonchev–Trinajstić information content (AvgIpc) is 3.18. The van der Waals surface area contributed by atoms with Gasteiger partial charge in [-0.2, -0.15) is 5.10 Å². The van der Waals surface area contributed by atoms with Gasteiger partial charge >= 0.3 is 5.97 Å². The molecule has 0 spiro atoms. The maximum Gasteiger partial charge on any atom is 0.326 e. The third-order valence-corrected chi connectivity index (χ3v) is 4.44. The van der Waals surface area contributed by atoms with Crippen molar-refractivity contribution in [1.29, 1.82) is 0 Å². The fraction of sp³-hybridized carbons (Fsp3) is 0.316. The van der Waals surface area contributed by atoms with Gasteiger partial charge in [-0.05, 0) is 23.6 Å². The van der Waals surface area contributed by atoms with Gasteiger partial charge in [0.2, 0.25) is 0 Å². The van der Waals surface area contributed by atoms with Gasteiger partial charge < -0.3 is 15.4 Å². The van der Waals surface area contributed by atoms with Gasteiger partial charge in [-0.3, -0.25) is 9.48 Å². The number of carbonyl (C=O) groups is 2. The van der Waals surface area contributed by atoms with E-state index >= 15 is 0 Å². The Labute approximate surface area is 151 Å². The van der Waals surface area contributed by atoms with Gasteiger partial charge in [-0.25, -0.2) is 4.79 Å². The molecule has 0 saturated carbocycles. The molecule has 7 nitrogen and oxygen atoms in total. The van der Waals surface area contributed by atoms with E-state index < -0.39 is 17.9 Å². The number of hydrogen-bond donors (Lipinski definition) is 3. The molecule has 0 aliphatic rings. The lowest BCUT2D eigenvalue weighted by molar-refractivity contribution is -0.139. The van der Waals surface area contributed by atoms with E-state index in [0.29, 0.717) is 0 Å². The number of nitrogens with one attached hydrogen (secondary N) is 2. The second-order valence-corrected chi connectivity index (χ2v) is 6.66. The van der Waals surface area contributed by atoms with Crippen LogP contribution in [0.3, 0.4) is 0 Å². The number of benzene rings is 1. The van der Waals surface area contributed by atoms with E-state index in [-0.39, 0.29) is 18.0 Å². The van der Waals surface area contributed by atoms with E-state index in [1.54, 1.807) is 24.0 Å². The highest BCUT2D eigenvalue weighted by molar-refractivity contribution is 5.95. The minimum atomic E-state index is -1.08. The summed E-state index contributed by atoms with van der Waals surface area (Å²) >= 11 is 0. The molecule has 1 aromatic carbocycles. The van der Waals surface area contributed by atoms with E-state index in [2.05, 4.69) is 15.4 Å². The Kier molecular flexibility index (Phi) is 4.79. The second kappa shape index (κ2) is 7.03. The summed E-state index contributed by atoms with van der Waals surface area (Å²) in [5.74, 6) is -1.35. The molecule has 0 bridgehead atoms. The van der Waals surface area contributed by atoms with Crippen LogP contribution in [0.4, 0.5) is 0 Å². The highest BCUT2D eigenvalue weighted by Gasteiger charge is 2.24. The molecule has 0 radical (unpaired) electrons. The molecule has 1 unspecified atom stereocenters. The molecule has 1 atom stereocenters. The molecule has 1 amide bonds. The number of fused-ring (bicyclic) bond motifs is 1. The molecule has 3 aromatic rings. The molecule has 3 N–H and O–H groups in total. The van der Waals surface area contributed by atoms with E-state index in [4.69, 9.17) is 0 Å². The summed E-state index contributed by atoms with van der Waals surface area (Å²) in [5.41, 5.74) is 2.92. The van der Waals surface area contributed by atoms with E-state index in [0.717, 1.165) is 22.2 Å². The summed E-state index contributed by atoms with van der Waals surface area (Å²) in [6, 6.07) is 8.32. The van der Waals surface area contributed by atoms with Crippen LogP contribution in [0.5, 0.6) is 0 Å². The summed E-state index contributed by atoms with van der Waals surface area (Å²) in [6.07, 6.45) is 1.97. The van der Waals surface area contributed by atoms with Crippen LogP contribution >= 0.6 is 0 Å². The Morgan fingerprint density at radius 2 is 2.04 bits per heavy atom. The number of nitrogens with zero attached hydrogens (tertiary/aromatic N) is 2. The van der Waals surface area contributed by atoms with Crippen molar-refractivity contribution in [2.75, 3.05) is 0 Å². The Balaban J connectivity index is 1.79. The summed E-state index contributed by atoms with van der Waals surface area (Å²) < 4.78 is 1.65. The van der Waals surface area contributed by atoms with E-state index in [1.165, 1.54) is 0 Å². The minimum absolute atomic E-state index is 0.189. The number of aliphatic carboxylic acids is 1. The summed E-state index contributed by atoms with van der Waals surface area (Å²) in [6.45, 7) is 4.02. The van der Waals surface area contributed by atoms with Crippen molar-refractivity contribution in [2.24, 2.45) is 7.05 Å². The van der Waals surface area contributed by atoms with Crippen molar-refractivity contribution in [3.05, 3.63) is 53.5 Å². The van der Waals surface area contributed by atoms with Gasteiger partial charge in [0.15, 0.2) is 0 Å². The lowest BCUT2D eigenvalue weighted by atomic mass is 10.0. The Hall–Kier alpha value is -3.09. The van der Waals surface area contributed by atoms with Crippen LogP contribution in [0.1, 0.15) is 41.5 Å². The Morgan fingerprint density at radius 1 is 1.31 bits per heavy atom. The molecule has 3 rings (SSSR count). The molecule has 0 aliphatic heterocycles. The molecule has 0 fully saturated rings. The second-order valence-electron chi connectivity index (χ2n) is 6.66. The normalized spacial score (nSPS) is 12.5. The summed E-state index contributed by atoms with van der Waals surface area (Å²) in [4.78, 5) is 27.3. The van der Waals surface area contributed by atoms with Crippen LogP contribution < -0.4 is 5.32 Å². The molecular weight excluding hydrogens is 332 g/mol. The molecule has 0 aliphatic carbocycles. The quantitative estimate of drug-likeness (QED) is 0.633. The monoisotopic (exact) mass is 354 g/mol. The zero-order chi connectivity index (χ0) is 18.8. The molecule has 2 heterocycles. The molecule has 0 saturated heterocycles. The van der Waals surface area contributed by atoms with Crippen LogP contribution in [0.15, 0.2) is 36.5 Å². The van der Waals surface area contributed by atoms with Crippen LogP contribution in [0, 0.1) is 0 Å². The lowest BCUT2D eigenvalue weighted by Crippen LogP contribution is -2.42. The van der Waals surface area contributed by atoms with Gasteiger partial charge in [0.1, 0.15) is 11.7 Å². The molecular formula is C19H22N4O3. The molecule has 7 heteroatoms. The third-order valence-electron chi connectivity index (χ3n) is 4.44. The van der Waals surface area contributed by atoms with Crippen molar-refractivity contribution in [3.8, 4) is 0 Å². The highest BCUT2D eigenvalue weighted by atomic mass is 16.4. The predicted molar refractivity (Wildman–Crippen MR) is 98.2 cm³/mol. The van der Waals surface area contributed by atoms with Crippen molar-refractivity contribution in [2.45, 2.75) is 32.2 Å². The fourth-order valence-corrected chi connectivity index (χ4v) is 3.09. The molecule has 26 heavy (non-hydrogen) atoms. The van der Waals surface area contributed by atoms with Crippen LogP contribution in [0.25, 0.3) is 10.9 Å². The topological polar surface area (TPSA) is 100 Å². The summed E-state index contributed by atoms with van der Waals surface area (Å²) in [7, 11) is 1.77. The highest BCUT2D eigenvalue weighted by Crippen LogP contribution is 2.19. The van der Waals surface area contributed by atoms with Crippen molar-refractivity contribution >= 4 is 22.8 Å². The Morgan fingerprint density at radius 3 is 2.69 bits per heavy atom. The number of carbonyl (C=O) groups excluding carboxylic acids is 1. The largest absolute Gasteiger partial charge is 0.480 e. The van der Waals surface area contributed by atoms with Crippen molar-refractivity contribution in [1.82, 2.24) is 20.1 Å². The smallest absolute Gasteiger partial charge is 0.326 e. The van der Waals surface area contributed by atoms with Gasteiger partial charge in [0, 0.05) is 36.3 Å². The van der Waals surface area contributed by atoms with Crippen LogP contribution in [0.2, 0.25) is 0 Å². The maximum absolute atomic E-state index is 12.5. The zero-order valence-corrected chi connectivity index (χ0v) is 15.0. The van der Waals surface area contributed by atoms with Gasteiger partial charge in [-0.1, -0.05) is 32.0 Å².